The third kappa shape index (κ3) is 4.89. The van der Waals surface area contributed by atoms with E-state index in [1.54, 1.807) is 4.90 Å². The number of carbonyl (C=O) groups excluding carboxylic acids is 1. The second-order valence-corrected chi connectivity index (χ2v) is 5.03. The standard InChI is InChI=1S/C11H21NO5/c1-11(2,3)17-10(14)12-5-8(6-12)16-7-9(13)15-4/h8-9,13H,5-7H2,1-4H3. The summed E-state index contributed by atoms with van der Waals surface area (Å²) >= 11 is 0. The number of aliphatic hydroxyl groups is 1. The molecule has 6 heteroatoms. The minimum absolute atomic E-state index is 0.0488. The van der Waals surface area contributed by atoms with Crippen molar-refractivity contribution in [2.45, 2.75) is 38.8 Å². The monoisotopic (exact) mass is 247 g/mol. The molecule has 1 unspecified atom stereocenters. The van der Waals surface area contributed by atoms with Crippen molar-refractivity contribution in [2.75, 3.05) is 26.8 Å². The number of rotatable bonds is 4. The van der Waals surface area contributed by atoms with E-state index >= 15 is 0 Å². The molecule has 1 heterocycles. The fourth-order valence-corrected chi connectivity index (χ4v) is 1.31. The second kappa shape index (κ2) is 5.66. The SMILES string of the molecule is COC(O)COC1CN(C(=O)OC(C)(C)C)C1. The van der Waals surface area contributed by atoms with E-state index in [2.05, 4.69) is 4.74 Å². The molecule has 1 N–H and O–H groups in total. The summed E-state index contributed by atoms with van der Waals surface area (Å²) in [4.78, 5) is 13.1. The smallest absolute Gasteiger partial charge is 0.410 e. The van der Waals surface area contributed by atoms with Crippen molar-refractivity contribution in [1.82, 2.24) is 4.90 Å². The van der Waals surface area contributed by atoms with Gasteiger partial charge in [0.1, 0.15) is 5.60 Å². The highest BCUT2D eigenvalue weighted by atomic mass is 16.6. The Bertz CT molecular complexity index is 257. The fraction of sp³-hybridized carbons (Fsp3) is 0.909. The first-order chi connectivity index (χ1) is 7.81. The van der Waals surface area contributed by atoms with E-state index < -0.39 is 11.9 Å². The van der Waals surface area contributed by atoms with Crippen LogP contribution in [0.5, 0.6) is 0 Å². The van der Waals surface area contributed by atoms with Gasteiger partial charge in [-0.15, -0.1) is 0 Å². The zero-order chi connectivity index (χ0) is 13.1. The molecule has 0 bridgehead atoms. The van der Waals surface area contributed by atoms with Crippen LogP contribution in [0.3, 0.4) is 0 Å². The minimum atomic E-state index is -0.912. The number of hydrogen-bond donors (Lipinski definition) is 1. The largest absolute Gasteiger partial charge is 0.444 e. The Morgan fingerprint density at radius 1 is 1.47 bits per heavy atom. The Labute approximate surface area is 101 Å². The molecule has 0 aliphatic carbocycles. The van der Waals surface area contributed by atoms with Crippen LogP contribution in [0.2, 0.25) is 0 Å². The molecule has 1 saturated heterocycles. The Hall–Kier alpha value is -0.850. The lowest BCUT2D eigenvalue weighted by molar-refractivity contribution is -0.151. The Morgan fingerprint density at radius 3 is 2.53 bits per heavy atom. The number of aliphatic hydroxyl groups excluding tert-OH is 1. The van der Waals surface area contributed by atoms with Gasteiger partial charge < -0.3 is 24.2 Å². The van der Waals surface area contributed by atoms with Gasteiger partial charge in [-0.05, 0) is 20.8 Å². The van der Waals surface area contributed by atoms with E-state index in [1.807, 2.05) is 20.8 Å². The predicted octanol–water partition coefficient (Wildman–Crippen LogP) is 0.587. The van der Waals surface area contributed by atoms with Crippen LogP contribution in [0.15, 0.2) is 0 Å². The van der Waals surface area contributed by atoms with Crippen LogP contribution in [-0.2, 0) is 14.2 Å². The number of nitrogens with zero attached hydrogens (tertiary/aromatic N) is 1. The van der Waals surface area contributed by atoms with Crippen LogP contribution >= 0.6 is 0 Å². The van der Waals surface area contributed by atoms with Crippen molar-refractivity contribution in [1.29, 1.82) is 0 Å². The number of ether oxygens (including phenoxy) is 3. The molecule has 1 amide bonds. The van der Waals surface area contributed by atoms with E-state index in [-0.39, 0.29) is 18.8 Å². The molecule has 100 valence electrons. The summed E-state index contributed by atoms with van der Waals surface area (Å²) in [5.41, 5.74) is -0.477. The lowest BCUT2D eigenvalue weighted by atomic mass is 10.2. The third-order valence-corrected chi connectivity index (χ3v) is 2.25. The van der Waals surface area contributed by atoms with Gasteiger partial charge in [0.2, 0.25) is 0 Å². The zero-order valence-corrected chi connectivity index (χ0v) is 10.8. The Morgan fingerprint density at radius 2 is 2.06 bits per heavy atom. The van der Waals surface area contributed by atoms with Crippen molar-refractivity contribution in [3.63, 3.8) is 0 Å². The maximum Gasteiger partial charge on any atom is 0.410 e. The Kier molecular flexibility index (Phi) is 4.73. The quantitative estimate of drug-likeness (QED) is 0.736. The normalized spacial score (nSPS) is 18.8. The van der Waals surface area contributed by atoms with Gasteiger partial charge in [0.25, 0.3) is 0 Å². The average Bonchev–Trinajstić information content (AvgIpc) is 2.11. The fourth-order valence-electron chi connectivity index (χ4n) is 1.31. The lowest BCUT2D eigenvalue weighted by Crippen LogP contribution is -2.56. The summed E-state index contributed by atoms with van der Waals surface area (Å²) < 4.78 is 15.1. The summed E-state index contributed by atoms with van der Waals surface area (Å²) in [6.07, 6.45) is -1.29. The summed E-state index contributed by atoms with van der Waals surface area (Å²) in [5, 5.41) is 9.10. The molecule has 1 aliphatic rings. The highest BCUT2D eigenvalue weighted by molar-refractivity contribution is 5.69. The first kappa shape index (κ1) is 14.2. The number of amides is 1. The molecule has 0 spiro atoms. The van der Waals surface area contributed by atoms with Crippen LogP contribution in [-0.4, -0.2) is 60.9 Å². The first-order valence-electron chi connectivity index (χ1n) is 5.62. The van der Waals surface area contributed by atoms with E-state index in [9.17, 15) is 4.79 Å². The summed E-state index contributed by atoms with van der Waals surface area (Å²) in [7, 11) is 1.40. The van der Waals surface area contributed by atoms with Gasteiger partial charge in [-0.3, -0.25) is 0 Å². The molecule has 0 aromatic carbocycles. The van der Waals surface area contributed by atoms with Crippen LogP contribution in [0.4, 0.5) is 4.79 Å². The van der Waals surface area contributed by atoms with Crippen LogP contribution in [0.25, 0.3) is 0 Å². The van der Waals surface area contributed by atoms with Crippen LogP contribution in [0.1, 0.15) is 20.8 Å². The van der Waals surface area contributed by atoms with Crippen molar-refractivity contribution < 1.29 is 24.1 Å². The number of carbonyl (C=O) groups is 1. The van der Waals surface area contributed by atoms with Crippen molar-refractivity contribution in [3.8, 4) is 0 Å². The van der Waals surface area contributed by atoms with Crippen molar-refractivity contribution in [2.24, 2.45) is 0 Å². The van der Waals surface area contributed by atoms with Gasteiger partial charge in [-0.25, -0.2) is 4.79 Å². The zero-order valence-electron chi connectivity index (χ0n) is 10.8. The third-order valence-electron chi connectivity index (χ3n) is 2.25. The first-order valence-corrected chi connectivity index (χ1v) is 5.62. The highest BCUT2D eigenvalue weighted by Crippen LogP contribution is 2.17. The molecule has 1 fully saturated rings. The molecule has 0 radical (unpaired) electrons. The van der Waals surface area contributed by atoms with E-state index in [1.165, 1.54) is 7.11 Å². The number of methoxy groups -OCH3 is 1. The molecule has 17 heavy (non-hydrogen) atoms. The lowest BCUT2D eigenvalue weighted by Gasteiger charge is -2.39. The molecular weight excluding hydrogens is 226 g/mol. The topological polar surface area (TPSA) is 68.2 Å². The predicted molar refractivity (Wildman–Crippen MR) is 60.6 cm³/mol. The molecule has 1 aliphatic heterocycles. The van der Waals surface area contributed by atoms with Gasteiger partial charge >= 0.3 is 6.09 Å². The Balaban J connectivity index is 2.16. The van der Waals surface area contributed by atoms with Gasteiger partial charge in [0, 0.05) is 7.11 Å². The summed E-state index contributed by atoms with van der Waals surface area (Å²) in [5.74, 6) is 0. The van der Waals surface area contributed by atoms with Gasteiger partial charge in [-0.1, -0.05) is 0 Å². The molecular formula is C11H21NO5. The molecule has 1 rings (SSSR count). The van der Waals surface area contributed by atoms with E-state index in [0.717, 1.165) is 0 Å². The van der Waals surface area contributed by atoms with Gasteiger partial charge in [0.15, 0.2) is 6.29 Å². The average molecular weight is 247 g/mol. The minimum Gasteiger partial charge on any atom is -0.444 e. The van der Waals surface area contributed by atoms with Gasteiger partial charge in [-0.2, -0.15) is 0 Å². The van der Waals surface area contributed by atoms with Crippen molar-refractivity contribution in [3.05, 3.63) is 0 Å². The number of hydrogen-bond acceptors (Lipinski definition) is 5. The van der Waals surface area contributed by atoms with Crippen LogP contribution in [0, 0.1) is 0 Å². The number of likely N-dealkylation sites (tertiary alicyclic amines) is 1. The van der Waals surface area contributed by atoms with E-state index in [0.29, 0.717) is 13.1 Å². The van der Waals surface area contributed by atoms with Crippen molar-refractivity contribution >= 4 is 6.09 Å². The highest BCUT2D eigenvalue weighted by Gasteiger charge is 2.34. The molecule has 0 aromatic rings. The molecule has 6 nitrogen and oxygen atoms in total. The van der Waals surface area contributed by atoms with Gasteiger partial charge in [0.05, 0.1) is 25.8 Å². The maximum absolute atomic E-state index is 11.6. The maximum atomic E-state index is 11.6. The summed E-state index contributed by atoms with van der Waals surface area (Å²) in [6.45, 7) is 6.58. The molecule has 0 aromatic heterocycles. The molecule has 1 atom stereocenters. The van der Waals surface area contributed by atoms with E-state index in [4.69, 9.17) is 14.6 Å². The molecule has 0 saturated carbocycles. The summed E-state index contributed by atoms with van der Waals surface area (Å²) in [6, 6.07) is 0. The second-order valence-electron chi connectivity index (χ2n) is 5.03. The van der Waals surface area contributed by atoms with Crippen LogP contribution < -0.4 is 0 Å².